The minimum atomic E-state index is -1.17. The zero-order valence-electron chi connectivity index (χ0n) is 16.3. The van der Waals surface area contributed by atoms with Crippen LogP contribution in [0.3, 0.4) is 0 Å². The SMILES string of the molecule is O=C1OC2(c3ccc(O)cc3Oc3cc(O)ccc32)c2ccccc21.O=CO.[H-].[Na+]. The minimum Gasteiger partial charge on any atom is -1.00 e. The average molecular weight is 402 g/mol. The van der Waals surface area contributed by atoms with Crippen LogP contribution in [-0.4, -0.2) is 27.8 Å². The van der Waals surface area contributed by atoms with Crippen LogP contribution < -0.4 is 34.3 Å². The van der Waals surface area contributed by atoms with E-state index in [1.54, 1.807) is 24.3 Å². The summed E-state index contributed by atoms with van der Waals surface area (Å²) in [6.45, 7) is -0.250. The molecule has 0 unspecified atom stereocenters. The van der Waals surface area contributed by atoms with E-state index < -0.39 is 11.6 Å². The molecule has 0 bridgehead atoms. The smallest absolute Gasteiger partial charge is 1.00 e. The quantitative estimate of drug-likeness (QED) is 0.285. The fourth-order valence-corrected chi connectivity index (χ4v) is 3.65. The van der Waals surface area contributed by atoms with Gasteiger partial charge in [-0.2, -0.15) is 0 Å². The standard InChI is InChI=1S/C20H12O5.CH2O2.Na.H/c21-11-5-7-15-17(9-11)24-18-10-12(22)6-8-16(18)20(15)14-4-2-1-3-13(14)19(23)25-20;2-1-3;;/h1-10,21-22H;1H,(H,2,3);;/q;;+1;-1. The molecule has 0 saturated heterocycles. The predicted octanol–water partition coefficient (Wildman–Crippen LogP) is 0.483. The Morgan fingerprint density at radius 3 is 1.93 bits per heavy atom. The van der Waals surface area contributed by atoms with Crippen molar-refractivity contribution < 1.29 is 65.4 Å². The third-order valence-corrected chi connectivity index (χ3v) is 4.68. The van der Waals surface area contributed by atoms with Gasteiger partial charge in [-0.15, -0.1) is 0 Å². The zero-order valence-corrected chi connectivity index (χ0v) is 17.3. The number of hydrogen-bond acceptors (Lipinski definition) is 6. The van der Waals surface area contributed by atoms with Crippen molar-refractivity contribution in [1.29, 1.82) is 0 Å². The van der Waals surface area contributed by atoms with Gasteiger partial charge >= 0.3 is 35.5 Å². The normalized spacial score (nSPS) is 14.0. The molecule has 2 heterocycles. The molecule has 8 heteroatoms. The first-order valence-corrected chi connectivity index (χ1v) is 8.27. The van der Waals surface area contributed by atoms with E-state index in [2.05, 4.69) is 0 Å². The van der Waals surface area contributed by atoms with Gasteiger partial charge in [0.2, 0.25) is 0 Å². The van der Waals surface area contributed by atoms with Gasteiger partial charge in [-0.05, 0) is 30.3 Å². The molecule has 0 fully saturated rings. The summed E-state index contributed by atoms with van der Waals surface area (Å²) < 4.78 is 11.8. The number of ether oxygens (including phenoxy) is 2. The van der Waals surface area contributed by atoms with Crippen molar-refractivity contribution in [2.24, 2.45) is 0 Å². The molecule has 0 radical (unpaired) electrons. The number of hydrogen-bond donors (Lipinski definition) is 3. The van der Waals surface area contributed by atoms with Crippen molar-refractivity contribution in [2.75, 3.05) is 0 Å². The molecule has 7 nitrogen and oxygen atoms in total. The maximum absolute atomic E-state index is 12.5. The van der Waals surface area contributed by atoms with Crippen molar-refractivity contribution in [2.45, 2.75) is 5.60 Å². The van der Waals surface area contributed by atoms with Crippen molar-refractivity contribution in [3.05, 3.63) is 82.9 Å². The Morgan fingerprint density at radius 2 is 1.38 bits per heavy atom. The third kappa shape index (κ3) is 3.13. The number of benzene rings is 3. The van der Waals surface area contributed by atoms with E-state index in [4.69, 9.17) is 19.4 Å². The van der Waals surface area contributed by atoms with E-state index in [0.717, 1.165) is 0 Å². The van der Waals surface area contributed by atoms with Gasteiger partial charge in [0.15, 0.2) is 5.60 Å². The molecule has 1 spiro atoms. The topological polar surface area (TPSA) is 113 Å². The molecule has 5 rings (SSSR count). The van der Waals surface area contributed by atoms with Crippen LogP contribution in [0.15, 0.2) is 60.7 Å². The molecule has 142 valence electrons. The predicted molar refractivity (Wildman–Crippen MR) is 97.8 cm³/mol. The summed E-state index contributed by atoms with van der Waals surface area (Å²) in [4.78, 5) is 20.9. The molecule has 2 aliphatic heterocycles. The Balaban J connectivity index is 0.000000607. The molecule has 3 aromatic rings. The number of carboxylic acid groups (broad SMARTS) is 1. The van der Waals surface area contributed by atoms with Crippen molar-refractivity contribution in [3.8, 4) is 23.0 Å². The largest absolute Gasteiger partial charge is 1.00 e. The van der Waals surface area contributed by atoms with E-state index >= 15 is 0 Å². The molecule has 0 aromatic heterocycles. The Hall–Kier alpha value is -3.00. The van der Waals surface area contributed by atoms with Crippen LogP contribution in [0.1, 0.15) is 28.5 Å². The Kier molecular flexibility index (Phi) is 5.57. The first kappa shape index (κ1) is 20.7. The van der Waals surface area contributed by atoms with E-state index in [0.29, 0.717) is 33.8 Å². The molecule has 0 aliphatic carbocycles. The number of fused-ring (bicyclic) bond motifs is 6. The van der Waals surface area contributed by atoms with Crippen LogP contribution in [-0.2, 0) is 15.1 Å². The molecule has 0 atom stereocenters. The number of aromatic hydroxyl groups is 2. The fraction of sp³-hybridized carbons (Fsp3) is 0.0476. The van der Waals surface area contributed by atoms with Crippen LogP contribution in [0.25, 0.3) is 0 Å². The Bertz CT molecular complexity index is 1060. The molecule has 0 saturated carbocycles. The molecule has 3 aromatic carbocycles. The van der Waals surface area contributed by atoms with Crippen molar-refractivity contribution in [3.63, 3.8) is 0 Å². The first-order valence-electron chi connectivity index (χ1n) is 8.27. The summed E-state index contributed by atoms with van der Waals surface area (Å²) in [5.41, 5.74) is 1.28. The number of phenols is 2. The first-order chi connectivity index (χ1) is 13.5. The van der Waals surface area contributed by atoms with Crippen LogP contribution in [0, 0.1) is 0 Å². The average Bonchev–Trinajstić information content (AvgIpc) is 2.96. The molecular formula is C21H15NaO7. The number of carbonyl (C=O) groups is 2. The number of rotatable bonds is 0. The maximum atomic E-state index is 12.5. The van der Waals surface area contributed by atoms with Crippen LogP contribution >= 0.6 is 0 Å². The fourth-order valence-electron chi connectivity index (χ4n) is 3.65. The van der Waals surface area contributed by atoms with Gasteiger partial charge < -0.3 is 26.2 Å². The summed E-state index contributed by atoms with van der Waals surface area (Å²) in [5, 5.41) is 26.6. The van der Waals surface area contributed by atoms with Crippen molar-refractivity contribution >= 4 is 12.4 Å². The molecule has 3 N–H and O–H groups in total. The second-order valence-corrected chi connectivity index (χ2v) is 6.18. The molecular weight excluding hydrogens is 387 g/mol. The van der Waals surface area contributed by atoms with Crippen LogP contribution in [0.2, 0.25) is 0 Å². The van der Waals surface area contributed by atoms with Crippen molar-refractivity contribution in [1.82, 2.24) is 0 Å². The van der Waals surface area contributed by atoms with Gasteiger partial charge in [0.05, 0.1) is 5.56 Å². The van der Waals surface area contributed by atoms with Crippen LogP contribution in [0.4, 0.5) is 0 Å². The summed E-state index contributed by atoms with van der Waals surface area (Å²) >= 11 is 0. The van der Waals surface area contributed by atoms with Gasteiger partial charge in [-0.25, -0.2) is 4.79 Å². The maximum Gasteiger partial charge on any atom is 1.00 e. The molecule has 0 amide bonds. The Labute approximate surface area is 188 Å². The summed E-state index contributed by atoms with van der Waals surface area (Å²) in [6, 6.07) is 16.6. The number of esters is 1. The van der Waals surface area contributed by atoms with E-state index in [1.807, 2.05) is 12.1 Å². The third-order valence-electron chi connectivity index (χ3n) is 4.68. The second kappa shape index (κ2) is 7.79. The number of phenolic OH excluding ortho intramolecular Hbond substituents is 2. The van der Waals surface area contributed by atoms with E-state index in [1.165, 1.54) is 24.3 Å². The monoisotopic (exact) mass is 402 g/mol. The zero-order chi connectivity index (χ0) is 19.9. The summed E-state index contributed by atoms with van der Waals surface area (Å²) in [5.74, 6) is 0.408. The molecule has 29 heavy (non-hydrogen) atoms. The van der Waals surface area contributed by atoms with Crippen LogP contribution in [0.5, 0.6) is 23.0 Å². The van der Waals surface area contributed by atoms with Gasteiger partial charge in [-0.1, -0.05) is 18.2 Å². The minimum absolute atomic E-state index is 0. The Morgan fingerprint density at radius 1 is 0.862 bits per heavy atom. The van der Waals surface area contributed by atoms with E-state index in [9.17, 15) is 15.0 Å². The van der Waals surface area contributed by atoms with Gasteiger partial charge in [0, 0.05) is 28.8 Å². The summed E-state index contributed by atoms with van der Waals surface area (Å²) in [6.07, 6.45) is 0. The number of carbonyl (C=O) groups excluding carboxylic acids is 1. The van der Waals surface area contributed by atoms with E-state index in [-0.39, 0.29) is 49.0 Å². The van der Waals surface area contributed by atoms with Gasteiger partial charge in [-0.3, -0.25) is 4.79 Å². The summed E-state index contributed by atoms with van der Waals surface area (Å²) in [7, 11) is 0. The second-order valence-electron chi connectivity index (χ2n) is 6.18. The molecule has 2 aliphatic rings. The van der Waals surface area contributed by atoms with Gasteiger partial charge in [0.1, 0.15) is 23.0 Å². The van der Waals surface area contributed by atoms with Gasteiger partial charge in [0.25, 0.3) is 6.47 Å².